The van der Waals surface area contributed by atoms with Crippen LogP contribution in [0.2, 0.25) is 5.02 Å². The van der Waals surface area contributed by atoms with Crippen LogP contribution in [0.3, 0.4) is 0 Å². The van der Waals surface area contributed by atoms with Gasteiger partial charge >= 0.3 is 0 Å². The van der Waals surface area contributed by atoms with Gasteiger partial charge in [0.05, 0.1) is 5.02 Å². The van der Waals surface area contributed by atoms with Crippen LogP contribution in [0.1, 0.15) is 11.3 Å². The molecular weight excluding hydrogens is 327 g/mol. The quantitative estimate of drug-likeness (QED) is 0.669. The smallest absolute Gasteiger partial charge is 0.229 e. The molecule has 3 aromatic rings. The van der Waals surface area contributed by atoms with E-state index >= 15 is 0 Å². The summed E-state index contributed by atoms with van der Waals surface area (Å²) in [5.74, 6) is 0.621. The van der Waals surface area contributed by atoms with Crippen LogP contribution in [0.4, 0.5) is 27.5 Å². The summed E-state index contributed by atoms with van der Waals surface area (Å²) < 4.78 is 13.2. The van der Waals surface area contributed by atoms with Crippen molar-refractivity contribution in [3.63, 3.8) is 0 Å². The lowest BCUT2D eigenvalue weighted by molar-refractivity contribution is 0.628. The SMILES string of the molecule is Cc1cc(Nc2ccccc2C)nc(Nc2ccc(F)c(Cl)c2)n1. The fourth-order valence-electron chi connectivity index (χ4n) is 2.24. The van der Waals surface area contributed by atoms with E-state index in [9.17, 15) is 4.39 Å². The van der Waals surface area contributed by atoms with Crippen molar-refractivity contribution in [3.05, 3.63) is 70.6 Å². The Labute approximate surface area is 144 Å². The number of nitrogens with one attached hydrogen (secondary N) is 2. The molecule has 0 atom stereocenters. The van der Waals surface area contributed by atoms with Gasteiger partial charge in [0.25, 0.3) is 0 Å². The van der Waals surface area contributed by atoms with Crippen molar-refractivity contribution in [2.24, 2.45) is 0 Å². The number of halogens is 2. The second-order valence-corrected chi connectivity index (χ2v) is 5.82. The Kier molecular flexibility index (Phi) is 4.62. The average Bonchev–Trinajstić information content (AvgIpc) is 2.53. The van der Waals surface area contributed by atoms with Gasteiger partial charge in [-0.05, 0) is 43.7 Å². The monoisotopic (exact) mass is 342 g/mol. The minimum atomic E-state index is -0.464. The number of para-hydroxylation sites is 1. The second-order valence-electron chi connectivity index (χ2n) is 5.41. The highest BCUT2D eigenvalue weighted by Gasteiger charge is 2.06. The van der Waals surface area contributed by atoms with Gasteiger partial charge in [-0.15, -0.1) is 0 Å². The van der Waals surface area contributed by atoms with Crippen molar-refractivity contribution in [2.75, 3.05) is 10.6 Å². The molecule has 0 saturated carbocycles. The number of rotatable bonds is 4. The molecule has 0 aliphatic carbocycles. The zero-order chi connectivity index (χ0) is 17.1. The highest BCUT2D eigenvalue weighted by molar-refractivity contribution is 6.31. The predicted molar refractivity (Wildman–Crippen MR) is 95.9 cm³/mol. The molecule has 2 N–H and O–H groups in total. The van der Waals surface area contributed by atoms with Crippen molar-refractivity contribution in [1.29, 1.82) is 0 Å². The minimum absolute atomic E-state index is 0.0471. The van der Waals surface area contributed by atoms with Crippen LogP contribution in [0.5, 0.6) is 0 Å². The number of nitrogens with zero attached hydrogens (tertiary/aromatic N) is 2. The maximum atomic E-state index is 13.2. The molecule has 1 heterocycles. The zero-order valence-corrected chi connectivity index (χ0v) is 14.0. The molecule has 2 aromatic carbocycles. The largest absolute Gasteiger partial charge is 0.340 e. The molecule has 0 unspecified atom stereocenters. The average molecular weight is 343 g/mol. The van der Waals surface area contributed by atoms with Crippen LogP contribution in [0.15, 0.2) is 48.5 Å². The summed E-state index contributed by atoms with van der Waals surface area (Å²) in [6.07, 6.45) is 0. The Bertz CT molecular complexity index is 883. The zero-order valence-electron chi connectivity index (χ0n) is 13.3. The Morgan fingerprint density at radius 3 is 2.50 bits per heavy atom. The molecule has 3 rings (SSSR count). The first-order chi connectivity index (χ1) is 11.5. The molecule has 0 fully saturated rings. The summed E-state index contributed by atoms with van der Waals surface area (Å²) in [5, 5.41) is 6.37. The summed E-state index contributed by atoms with van der Waals surface area (Å²) in [5.41, 5.74) is 3.52. The predicted octanol–water partition coefficient (Wildman–Crippen LogP) is 5.37. The van der Waals surface area contributed by atoms with Gasteiger partial charge in [0.2, 0.25) is 5.95 Å². The van der Waals surface area contributed by atoms with E-state index in [1.807, 2.05) is 44.2 Å². The first-order valence-electron chi connectivity index (χ1n) is 7.42. The molecular formula is C18H16ClFN4. The fraction of sp³-hybridized carbons (Fsp3) is 0.111. The van der Waals surface area contributed by atoms with E-state index in [1.165, 1.54) is 12.1 Å². The van der Waals surface area contributed by atoms with Crippen LogP contribution < -0.4 is 10.6 Å². The first kappa shape index (κ1) is 16.2. The third kappa shape index (κ3) is 3.81. The van der Waals surface area contributed by atoms with E-state index in [-0.39, 0.29) is 5.02 Å². The van der Waals surface area contributed by atoms with Crippen LogP contribution in [-0.4, -0.2) is 9.97 Å². The van der Waals surface area contributed by atoms with Gasteiger partial charge < -0.3 is 10.6 Å². The number of aromatic nitrogens is 2. The summed E-state index contributed by atoms with van der Waals surface area (Å²) in [6.45, 7) is 3.91. The Hall–Kier alpha value is -2.66. The lowest BCUT2D eigenvalue weighted by Gasteiger charge is -2.11. The Morgan fingerprint density at radius 2 is 1.75 bits per heavy atom. The third-order valence-corrected chi connectivity index (χ3v) is 3.73. The van der Waals surface area contributed by atoms with Crippen molar-refractivity contribution < 1.29 is 4.39 Å². The molecule has 1 aromatic heterocycles. The molecule has 0 amide bonds. The summed E-state index contributed by atoms with van der Waals surface area (Å²) >= 11 is 5.80. The van der Waals surface area contributed by atoms with Crippen LogP contribution in [0, 0.1) is 19.7 Å². The van der Waals surface area contributed by atoms with Crippen molar-refractivity contribution >= 4 is 34.7 Å². The molecule has 0 bridgehead atoms. The topological polar surface area (TPSA) is 49.8 Å². The minimum Gasteiger partial charge on any atom is -0.340 e. The van der Waals surface area contributed by atoms with Gasteiger partial charge in [-0.25, -0.2) is 9.37 Å². The summed E-state index contributed by atoms with van der Waals surface area (Å²) in [6, 6.07) is 14.2. The Balaban J connectivity index is 1.86. The summed E-state index contributed by atoms with van der Waals surface area (Å²) in [7, 11) is 0. The number of aryl methyl sites for hydroxylation is 2. The summed E-state index contributed by atoms with van der Waals surface area (Å²) in [4.78, 5) is 8.79. The van der Waals surface area contributed by atoms with Crippen LogP contribution in [0.25, 0.3) is 0 Å². The van der Waals surface area contributed by atoms with E-state index < -0.39 is 5.82 Å². The molecule has 6 heteroatoms. The van der Waals surface area contributed by atoms with Gasteiger partial charge in [0.15, 0.2) is 0 Å². The number of anilines is 4. The maximum Gasteiger partial charge on any atom is 0.229 e. The number of hydrogen-bond donors (Lipinski definition) is 2. The lowest BCUT2D eigenvalue weighted by Crippen LogP contribution is -2.03. The molecule has 0 saturated heterocycles. The van der Waals surface area contributed by atoms with Crippen molar-refractivity contribution in [1.82, 2.24) is 9.97 Å². The highest BCUT2D eigenvalue weighted by atomic mass is 35.5. The van der Waals surface area contributed by atoms with Crippen molar-refractivity contribution in [3.8, 4) is 0 Å². The molecule has 0 aliphatic rings. The molecule has 0 spiro atoms. The van der Waals surface area contributed by atoms with E-state index in [0.29, 0.717) is 17.5 Å². The second kappa shape index (κ2) is 6.84. The van der Waals surface area contributed by atoms with E-state index in [1.54, 1.807) is 6.07 Å². The maximum absolute atomic E-state index is 13.2. The van der Waals surface area contributed by atoms with E-state index in [2.05, 4.69) is 20.6 Å². The van der Waals surface area contributed by atoms with Crippen molar-refractivity contribution in [2.45, 2.75) is 13.8 Å². The van der Waals surface area contributed by atoms with Gasteiger partial charge in [0.1, 0.15) is 11.6 Å². The van der Waals surface area contributed by atoms with E-state index in [4.69, 9.17) is 11.6 Å². The number of hydrogen-bond acceptors (Lipinski definition) is 4. The van der Waals surface area contributed by atoms with Crippen LogP contribution >= 0.6 is 11.6 Å². The van der Waals surface area contributed by atoms with Gasteiger partial charge in [-0.2, -0.15) is 4.98 Å². The number of benzene rings is 2. The molecule has 4 nitrogen and oxygen atoms in total. The highest BCUT2D eigenvalue weighted by Crippen LogP contribution is 2.23. The normalized spacial score (nSPS) is 10.5. The fourth-order valence-corrected chi connectivity index (χ4v) is 2.42. The first-order valence-corrected chi connectivity index (χ1v) is 7.79. The molecule has 24 heavy (non-hydrogen) atoms. The molecule has 0 radical (unpaired) electrons. The molecule has 0 aliphatic heterocycles. The van der Waals surface area contributed by atoms with E-state index in [0.717, 1.165) is 16.9 Å². The van der Waals surface area contributed by atoms with Crippen LogP contribution in [-0.2, 0) is 0 Å². The van der Waals surface area contributed by atoms with Gasteiger partial charge in [0, 0.05) is 23.1 Å². The van der Waals surface area contributed by atoms with Gasteiger partial charge in [-0.3, -0.25) is 0 Å². The van der Waals surface area contributed by atoms with Gasteiger partial charge in [-0.1, -0.05) is 29.8 Å². The lowest BCUT2D eigenvalue weighted by atomic mass is 10.2. The standard InChI is InChI=1S/C18H16ClFN4/c1-11-5-3-4-6-16(11)23-17-9-12(2)21-18(24-17)22-13-7-8-15(20)14(19)10-13/h3-10H,1-2H3,(H2,21,22,23,24). The Morgan fingerprint density at radius 1 is 0.958 bits per heavy atom. The third-order valence-electron chi connectivity index (χ3n) is 3.44. The molecule has 122 valence electrons.